The van der Waals surface area contributed by atoms with Crippen LogP contribution in [-0.4, -0.2) is 50.2 Å². The summed E-state index contributed by atoms with van der Waals surface area (Å²) in [7, 11) is 0. The molecular formula is C13H17F2N3O2. The molecule has 5 nitrogen and oxygen atoms in total. The number of amides is 1. The first kappa shape index (κ1) is 14.7. The van der Waals surface area contributed by atoms with Crippen molar-refractivity contribution in [1.82, 2.24) is 10.2 Å². The Morgan fingerprint density at radius 2 is 2.05 bits per heavy atom. The van der Waals surface area contributed by atoms with Gasteiger partial charge in [-0.15, -0.1) is 0 Å². The lowest BCUT2D eigenvalue weighted by Gasteiger charge is -2.26. The van der Waals surface area contributed by atoms with Gasteiger partial charge < -0.3 is 15.8 Å². The number of morpholine rings is 1. The Balaban J connectivity index is 1.90. The first-order valence-electron chi connectivity index (χ1n) is 6.41. The third kappa shape index (κ3) is 3.43. The average molecular weight is 285 g/mol. The van der Waals surface area contributed by atoms with Gasteiger partial charge in [0, 0.05) is 26.2 Å². The highest BCUT2D eigenvalue weighted by Crippen LogP contribution is 2.18. The lowest BCUT2D eigenvalue weighted by molar-refractivity contribution is 0.0383. The molecule has 0 radical (unpaired) electrons. The van der Waals surface area contributed by atoms with E-state index in [1.54, 1.807) is 0 Å². The Labute approximate surface area is 115 Å². The van der Waals surface area contributed by atoms with E-state index in [9.17, 15) is 13.6 Å². The van der Waals surface area contributed by atoms with Gasteiger partial charge in [0.25, 0.3) is 5.91 Å². The van der Waals surface area contributed by atoms with E-state index >= 15 is 0 Å². The number of nitrogens with two attached hydrogens (primary N) is 1. The van der Waals surface area contributed by atoms with Crippen molar-refractivity contribution >= 4 is 11.6 Å². The minimum atomic E-state index is -1.02. The summed E-state index contributed by atoms with van der Waals surface area (Å²) >= 11 is 0. The zero-order valence-electron chi connectivity index (χ0n) is 11.0. The van der Waals surface area contributed by atoms with Crippen molar-refractivity contribution in [2.24, 2.45) is 0 Å². The molecule has 0 saturated carbocycles. The molecule has 1 aliphatic heterocycles. The number of ether oxygens (including phenoxy) is 1. The van der Waals surface area contributed by atoms with Gasteiger partial charge in [-0.3, -0.25) is 9.69 Å². The molecule has 0 aromatic heterocycles. The van der Waals surface area contributed by atoms with Crippen molar-refractivity contribution in [2.45, 2.75) is 0 Å². The van der Waals surface area contributed by atoms with E-state index in [4.69, 9.17) is 10.5 Å². The van der Waals surface area contributed by atoms with E-state index < -0.39 is 23.1 Å². The van der Waals surface area contributed by atoms with Crippen LogP contribution in [0.5, 0.6) is 0 Å². The van der Waals surface area contributed by atoms with Crippen molar-refractivity contribution in [2.75, 3.05) is 45.1 Å². The van der Waals surface area contributed by atoms with Gasteiger partial charge in [0.1, 0.15) is 11.4 Å². The summed E-state index contributed by atoms with van der Waals surface area (Å²) in [4.78, 5) is 13.9. The molecule has 1 aromatic carbocycles. The Hall–Kier alpha value is -1.73. The molecule has 1 saturated heterocycles. The molecule has 3 N–H and O–H groups in total. The van der Waals surface area contributed by atoms with Crippen LogP contribution in [-0.2, 0) is 4.74 Å². The summed E-state index contributed by atoms with van der Waals surface area (Å²) in [5.74, 6) is -2.73. The zero-order chi connectivity index (χ0) is 14.5. The van der Waals surface area contributed by atoms with E-state index in [0.29, 0.717) is 26.3 Å². The molecule has 1 aromatic rings. The maximum absolute atomic E-state index is 13.6. The van der Waals surface area contributed by atoms with E-state index in [2.05, 4.69) is 10.2 Å². The minimum absolute atomic E-state index is 0.246. The van der Waals surface area contributed by atoms with Gasteiger partial charge in [0.15, 0.2) is 5.82 Å². The molecule has 0 spiro atoms. The molecule has 1 amide bonds. The lowest BCUT2D eigenvalue weighted by atomic mass is 10.1. The fourth-order valence-corrected chi connectivity index (χ4v) is 2.02. The summed E-state index contributed by atoms with van der Waals surface area (Å²) in [6.45, 7) is 3.82. The molecule has 2 rings (SSSR count). The molecule has 0 bridgehead atoms. The van der Waals surface area contributed by atoms with Crippen molar-refractivity contribution in [3.8, 4) is 0 Å². The fourth-order valence-electron chi connectivity index (χ4n) is 2.02. The second kappa shape index (κ2) is 6.62. The molecule has 1 fully saturated rings. The molecule has 20 heavy (non-hydrogen) atoms. The largest absolute Gasteiger partial charge is 0.396 e. The van der Waals surface area contributed by atoms with E-state index in [-0.39, 0.29) is 5.69 Å². The number of hydrogen-bond donors (Lipinski definition) is 2. The second-order valence-electron chi connectivity index (χ2n) is 4.54. The van der Waals surface area contributed by atoms with Crippen molar-refractivity contribution in [1.29, 1.82) is 0 Å². The van der Waals surface area contributed by atoms with Crippen LogP contribution < -0.4 is 11.1 Å². The van der Waals surface area contributed by atoms with Crippen molar-refractivity contribution in [3.05, 3.63) is 29.3 Å². The molecule has 1 aliphatic rings. The molecule has 0 aliphatic carbocycles. The van der Waals surface area contributed by atoms with Crippen LogP contribution in [0.15, 0.2) is 12.1 Å². The fraction of sp³-hybridized carbons (Fsp3) is 0.462. The number of anilines is 1. The van der Waals surface area contributed by atoms with Gasteiger partial charge >= 0.3 is 0 Å². The van der Waals surface area contributed by atoms with Crippen molar-refractivity contribution < 1.29 is 18.3 Å². The topological polar surface area (TPSA) is 67.6 Å². The summed E-state index contributed by atoms with van der Waals surface area (Å²) in [5, 5.41) is 2.50. The number of nitrogen functional groups attached to an aromatic ring is 1. The molecule has 0 unspecified atom stereocenters. The van der Waals surface area contributed by atoms with Gasteiger partial charge in [0.2, 0.25) is 0 Å². The number of halogens is 2. The maximum Gasteiger partial charge on any atom is 0.257 e. The third-order valence-electron chi connectivity index (χ3n) is 3.17. The Morgan fingerprint density at radius 1 is 1.35 bits per heavy atom. The highest BCUT2D eigenvalue weighted by atomic mass is 19.1. The van der Waals surface area contributed by atoms with Crippen molar-refractivity contribution in [3.63, 3.8) is 0 Å². The molecule has 7 heteroatoms. The van der Waals surface area contributed by atoms with Crippen LogP contribution in [0.2, 0.25) is 0 Å². The van der Waals surface area contributed by atoms with Crippen LogP contribution in [0, 0.1) is 11.6 Å². The number of carbonyl (C=O) groups is 1. The monoisotopic (exact) mass is 285 g/mol. The van der Waals surface area contributed by atoms with Crippen LogP contribution in [0.4, 0.5) is 14.5 Å². The molecule has 1 heterocycles. The Bertz CT molecular complexity index is 491. The molecule has 110 valence electrons. The predicted molar refractivity (Wildman–Crippen MR) is 70.4 cm³/mol. The summed E-state index contributed by atoms with van der Waals surface area (Å²) in [5.41, 5.74) is 4.45. The highest BCUT2D eigenvalue weighted by molar-refractivity contribution is 5.95. The van der Waals surface area contributed by atoms with Gasteiger partial charge in [-0.25, -0.2) is 8.78 Å². The first-order chi connectivity index (χ1) is 9.59. The van der Waals surface area contributed by atoms with E-state index in [0.717, 1.165) is 25.2 Å². The predicted octanol–water partition coefficient (Wildman–Crippen LogP) is 0.609. The SMILES string of the molecule is Nc1ccc(F)c(C(=O)NCCN2CCOCC2)c1F. The van der Waals surface area contributed by atoms with Crippen LogP contribution in [0.1, 0.15) is 10.4 Å². The standard InChI is InChI=1S/C13H17F2N3O2/c14-9-1-2-10(16)12(15)11(9)13(19)17-3-4-18-5-7-20-8-6-18/h1-2H,3-8,16H2,(H,17,19). The molecule has 0 atom stereocenters. The first-order valence-corrected chi connectivity index (χ1v) is 6.41. The molecular weight excluding hydrogens is 268 g/mol. The van der Waals surface area contributed by atoms with E-state index in [1.807, 2.05) is 0 Å². The Kier molecular flexibility index (Phi) is 4.86. The van der Waals surface area contributed by atoms with Gasteiger partial charge in [-0.2, -0.15) is 0 Å². The quantitative estimate of drug-likeness (QED) is 0.795. The number of hydrogen-bond acceptors (Lipinski definition) is 4. The number of nitrogens with one attached hydrogen (secondary N) is 1. The summed E-state index contributed by atoms with van der Waals surface area (Å²) < 4.78 is 32.3. The summed E-state index contributed by atoms with van der Waals surface area (Å²) in [6, 6.07) is 2.07. The number of benzene rings is 1. The van der Waals surface area contributed by atoms with Crippen LogP contribution >= 0.6 is 0 Å². The number of nitrogens with zero attached hydrogens (tertiary/aromatic N) is 1. The minimum Gasteiger partial charge on any atom is -0.396 e. The highest BCUT2D eigenvalue weighted by Gasteiger charge is 2.19. The third-order valence-corrected chi connectivity index (χ3v) is 3.17. The second-order valence-corrected chi connectivity index (χ2v) is 4.54. The lowest BCUT2D eigenvalue weighted by Crippen LogP contribution is -2.41. The van der Waals surface area contributed by atoms with Gasteiger partial charge in [-0.1, -0.05) is 0 Å². The van der Waals surface area contributed by atoms with E-state index in [1.165, 1.54) is 0 Å². The smallest absolute Gasteiger partial charge is 0.257 e. The Morgan fingerprint density at radius 3 is 2.75 bits per heavy atom. The number of carbonyl (C=O) groups excluding carboxylic acids is 1. The van der Waals surface area contributed by atoms with Crippen LogP contribution in [0.25, 0.3) is 0 Å². The summed E-state index contributed by atoms with van der Waals surface area (Å²) in [6.07, 6.45) is 0. The van der Waals surface area contributed by atoms with Crippen LogP contribution in [0.3, 0.4) is 0 Å². The normalized spacial score (nSPS) is 16.1. The average Bonchev–Trinajstić information content (AvgIpc) is 2.44. The van der Waals surface area contributed by atoms with Gasteiger partial charge in [0.05, 0.1) is 18.9 Å². The zero-order valence-corrected chi connectivity index (χ0v) is 11.0. The van der Waals surface area contributed by atoms with Gasteiger partial charge in [-0.05, 0) is 12.1 Å². The number of rotatable bonds is 4. The maximum atomic E-state index is 13.6.